The second kappa shape index (κ2) is 5.81. The number of ether oxygens (including phenoxy) is 1. The van der Waals surface area contributed by atoms with Crippen LogP contribution in [0, 0.1) is 10.8 Å². The highest BCUT2D eigenvalue weighted by molar-refractivity contribution is 6.09. The molecule has 4 N–H and O–H groups in total. The van der Waals surface area contributed by atoms with Gasteiger partial charge in [-0.1, -0.05) is 12.5 Å². The maximum absolute atomic E-state index is 12.6. The number of anilines is 1. The van der Waals surface area contributed by atoms with Crippen molar-refractivity contribution in [1.29, 1.82) is 0 Å². The highest BCUT2D eigenvalue weighted by Crippen LogP contribution is 2.64. The number of aliphatic carboxylic acids is 1. The van der Waals surface area contributed by atoms with Gasteiger partial charge in [-0.05, 0) is 43.2 Å². The number of carboxylic acid groups (broad SMARTS) is 1. The van der Waals surface area contributed by atoms with E-state index in [1.807, 2.05) is 0 Å². The number of hydrogen-bond acceptors (Lipinski definition) is 4. The van der Waals surface area contributed by atoms with Gasteiger partial charge in [0.2, 0.25) is 5.91 Å². The van der Waals surface area contributed by atoms with Crippen LogP contribution in [0.25, 0.3) is 0 Å². The van der Waals surface area contributed by atoms with Gasteiger partial charge in [0, 0.05) is 11.8 Å². The zero-order chi connectivity index (χ0) is 17.4. The summed E-state index contributed by atoms with van der Waals surface area (Å²) in [6.45, 7) is -0.265. The smallest absolute Gasteiger partial charge is 0.319 e. The zero-order valence-corrected chi connectivity index (χ0v) is 13.2. The lowest BCUT2D eigenvalue weighted by molar-refractivity contribution is -0.178. The van der Waals surface area contributed by atoms with Crippen molar-refractivity contribution < 1.29 is 24.2 Å². The Morgan fingerprint density at radius 2 is 1.96 bits per heavy atom. The molecular weight excluding hydrogens is 312 g/mol. The lowest BCUT2D eigenvalue weighted by Gasteiger charge is -2.58. The van der Waals surface area contributed by atoms with Crippen molar-refractivity contribution in [3.8, 4) is 5.75 Å². The van der Waals surface area contributed by atoms with Crippen molar-refractivity contribution in [2.45, 2.75) is 32.1 Å². The summed E-state index contributed by atoms with van der Waals surface area (Å²) in [5, 5.41) is 12.2. The van der Waals surface area contributed by atoms with Gasteiger partial charge < -0.3 is 20.9 Å². The van der Waals surface area contributed by atoms with Crippen molar-refractivity contribution in [3.05, 3.63) is 24.3 Å². The van der Waals surface area contributed by atoms with E-state index in [9.17, 15) is 19.5 Å². The maximum atomic E-state index is 12.6. The molecule has 2 fully saturated rings. The molecule has 3 rings (SSSR count). The first-order chi connectivity index (χ1) is 11.4. The van der Waals surface area contributed by atoms with Crippen LogP contribution >= 0.6 is 0 Å². The first-order valence-corrected chi connectivity index (χ1v) is 7.91. The summed E-state index contributed by atoms with van der Waals surface area (Å²) in [5.74, 6) is -1.80. The van der Waals surface area contributed by atoms with Crippen molar-refractivity contribution >= 4 is 23.5 Å². The summed E-state index contributed by atoms with van der Waals surface area (Å²) in [7, 11) is 0. The van der Waals surface area contributed by atoms with Crippen LogP contribution < -0.4 is 15.8 Å². The zero-order valence-electron chi connectivity index (χ0n) is 13.2. The molecule has 2 saturated carbocycles. The van der Waals surface area contributed by atoms with Gasteiger partial charge in [0.15, 0.2) is 6.61 Å². The largest absolute Gasteiger partial charge is 0.484 e. The minimum Gasteiger partial charge on any atom is -0.484 e. The van der Waals surface area contributed by atoms with Gasteiger partial charge in [-0.25, -0.2) is 0 Å². The van der Waals surface area contributed by atoms with Crippen LogP contribution in [0.15, 0.2) is 24.3 Å². The summed E-state index contributed by atoms with van der Waals surface area (Å²) in [6.07, 6.45) is 3.92. The number of nitrogens with two attached hydrogens (primary N) is 1. The predicted octanol–water partition coefficient (Wildman–Crippen LogP) is 1.52. The Balaban J connectivity index is 1.68. The quantitative estimate of drug-likeness (QED) is 0.683. The molecule has 0 radical (unpaired) electrons. The molecule has 0 unspecified atom stereocenters. The van der Waals surface area contributed by atoms with Gasteiger partial charge in [-0.2, -0.15) is 0 Å². The average Bonchev–Trinajstić information content (AvgIpc) is 2.42. The number of amides is 2. The fraction of sp³-hybridized carbons (Fsp3) is 0.471. The Labute approximate surface area is 139 Å². The fourth-order valence-corrected chi connectivity index (χ4v) is 3.74. The summed E-state index contributed by atoms with van der Waals surface area (Å²) in [4.78, 5) is 35.0. The third-order valence-corrected chi connectivity index (χ3v) is 5.08. The van der Waals surface area contributed by atoms with Gasteiger partial charge >= 0.3 is 5.97 Å². The van der Waals surface area contributed by atoms with E-state index < -0.39 is 23.2 Å². The number of rotatable bonds is 6. The van der Waals surface area contributed by atoms with E-state index in [2.05, 4.69) is 5.32 Å². The number of carbonyl (C=O) groups is 3. The monoisotopic (exact) mass is 332 g/mol. The normalized spacial score (nSPS) is 19.7. The molecule has 0 heterocycles. The first-order valence-electron chi connectivity index (χ1n) is 7.91. The second-order valence-electron chi connectivity index (χ2n) is 6.83. The topological polar surface area (TPSA) is 119 Å². The lowest BCUT2D eigenvalue weighted by Crippen LogP contribution is -2.59. The van der Waals surface area contributed by atoms with E-state index in [-0.39, 0.29) is 12.0 Å². The fourth-order valence-electron chi connectivity index (χ4n) is 3.74. The number of carboxylic acids is 1. The molecule has 1 spiro atoms. The maximum Gasteiger partial charge on any atom is 0.319 e. The van der Waals surface area contributed by atoms with Crippen molar-refractivity contribution in [3.63, 3.8) is 0 Å². The highest BCUT2D eigenvalue weighted by Gasteiger charge is 2.64. The second-order valence-corrected chi connectivity index (χ2v) is 6.83. The number of nitrogens with one attached hydrogen (secondary N) is 1. The van der Waals surface area contributed by atoms with Crippen LogP contribution in [-0.2, 0) is 14.4 Å². The van der Waals surface area contributed by atoms with Crippen molar-refractivity contribution in [1.82, 2.24) is 0 Å². The predicted molar refractivity (Wildman–Crippen MR) is 85.3 cm³/mol. The summed E-state index contributed by atoms with van der Waals surface area (Å²) in [5.41, 5.74) is 4.16. The molecule has 128 valence electrons. The number of primary amides is 1. The molecule has 24 heavy (non-hydrogen) atoms. The number of carbonyl (C=O) groups excluding carboxylic acids is 2. The van der Waals surface area contributed by atoms with E-state index in [4.69, 9.17) is 10.5 Å². The molecule has 0 aromatic heterocycles. The Morgan fingerprint density at radius 3 is 2.50 bits per heavy atom. The van der Waals surface area contributed by atoms with E-state index >= 15 is 0 Å². The number of hydrogen-bond donors (Lipinski definition) is 3. The molecular formula is C17H20N2O5. The average molecular weight is 332 g/mol. The van der Waals surface area contributed by atoms with E-state index in [1.54, 1.807) is 18.2 Å². The third-order valence-electron chi connectivity index (χ3n) is 5.08. The highest BCUT2D eigenvalue weighted by atomic mass is 16.5. The standard InChI is InChI=1S/C17H20N2O5/c18-13(20)8-24-12-4-1-3-11(7-12)19-14(21)17(15(22)23)9-16(10-17)5-2-6-16/h1,3-4,7H,2,5-6,8-10H2,(H2,18,20)(H,19,21)(H,22,23). The molecule has 7 heteroatoms. The summed E-state index contributed by atoms with van der Waals surface area (Å²) >= 11 is 0. The van der Waals surface area contributed by atoms with Crippen LogP contribution in [0.5, 0.6) is 5.75 Å². The molecule has 7 nitrogen and oxygen atoms in total. The third kappa shape index (κ3) is 2.81. The molecule has 0 saturated heterocycles. The van der Waals surface area contributed by atoms with Crippen LogP contribution in [0.1, 0.15) is 32.1 Å². The van der Waals surface area contributed by atoms with E-state index in [1.165, 1.54) is 6.07 Å². The van der Waals surface area contributed by atoms with Crippen molar-refractivity contribution in [2.24, 2.45) is 16.6 Å². The molecule has 0 atom stereocenters. The van der Waals surface area contributed by atoms with Gasteiger partial charge in [-0.3, -0.25) is 14.4 Å². The van der Waals surface area contributed by atoms with Crippen LogP contribution in [0.4, 0.5) is 5.69 Å². The molecule has 1 aromatic carbocycles. The van der Waals surface area contributed by atoms with Gasteiger partial charge in [0.05, 0.1) is 0 Å². The Morgan fingerprint density at radius 1 is 1.25 bits per heavy atom. The SMILES string of the molecule is NC(=O)COc1cccc(NC(=O)C2(C(=O)O)CC3(CCC3)C2)c1. The molecule has 0 aliphatic heterocycles. The van der Waals surface area contributed by atoms with E-state index in [0.29, 0.717) is 24.3 Å². The minimum atomic E-state index is -1.34. The van der Waals surface area contributed by atoms with Gasteiger partial charge in [0.1, 0.15) is 11.2 Å². The lowest BCUT2D eigenvalue weighted by atomic mass is 9.45. The van der Waals surface area contributed by atoms with Crippen LogP contribution in [-0.4, -0.2) is 29.5 Å². The van der Waals surface area contributed by atoms with Crippen LogP contribution in [0.3, 0.4) is 0 Å². The van der Waals surface area contributed by atoms with Gasteiger partial charge in [0.25, 0.3) is 5.91 Å². The Bertz CT molecular complexity index is 688. The van der Waals surface area contributed by atoms with Gasteiger partial charge in [-0.15, -0.1) is 0 Å². The Kier molecular flexibility index (Phi) is 3.95. The molecule has 2 amide bonds. The molecule has 1 aromatic rings. The Hall–Kier alpha value is -2.57. The number of benzene rings is 1. The van der Waals surface area contributed by atoms with Crippen LogP contribution in [0.2, 0.25) is 0 Å². The molecule has 0 bridgehead atoms. The molecule has 2 aliphatic carbocycles. The minimum absolute atomic E-state index is 0.0577. The summed E-state index contributed by atoms with van der Waals surface area (Å²) < 4.78 is 5.18. The first kappa shape index (κ1) is 16.3. The van der Waals surface area contributed by atoms with Crippen molar-refractivity contribution in [2.75, 3.05) is 11.9 Å². The molecule has 2 aliphatic rings. The summed E-state index contributed by atoms with van der Waals surface area (Å²) in [6, 6.07) is 6.45. The van der Waals surface area contributed by atoms with E-state index in [0.717, 1.165) is 19.3 Å².